The Morgan fingerprint density at radius 2 is 1.74 bits per heavy atom. The van der Waals surface area contributed by atoms with Gasteiger partial charge in [0, 0.05) is 32.1 Å². The first-order valence-electron chi connectivity index (χ1n) is 19.5. The number of hydrogen-bond donors (Lipinski definition) is 4. The highest BCUT2D eigenvalue weighted by atomic mass is 32.2. The third-order valence-corrected chi connectivity index (χ3v) is 16.6. The topological polar surface area (TPSA) is 174 Å². The van der Waals surface area contributed by atoms with Gasteiger partial charge in [-0.3, -0.25) is 19.2 Å². The van der Waals surface area contributed by atoms with Gasteiger partial charge >= 0.3 is 6.03 Å². The number of likely N-dealkylation sites (tertiary alicyclic amines) is 1. The van der Waals surface area contributed by atoms with Crippen LogP contribution in [0.3, 0.4) is 0 Å². The number of thiophene rings is 1. The molecule has 0 aromatic carbocycles. The summed E-state index contributed by atoms with van der Waals surface area (Å²) in [6, 6.07) is -0.671. The Morgan fingerprint density at radius 1 is 1.06 bits per heavy atom. The maximum absolute atomic E-state index is 14.7. The molecule has 0 radical (unpaired) electrons. The molecule has 1 aromatic heterocycles. The van der Waals surface area contributed by atoms with Crippen LogP contribution >= 0.6 is 11.3 Å². The highest BCUT2D eigenvalue weighted by molar-refractivity contribution is 7.91. The van der Waals surface area contributed by atoms with Crippen LogP contribution in [0.4, 0.5) is 4.79 Å². The second-order valence-electron chi connectivity index (χ2n) is 17.5. The van der Waals surface area contributed by atoms with Crippen molar-refractivity contribution in [3.8, 4) is 0 Å². The van der Waals surface area contributed by atoms with Crippen molar-refractivity contribution in [2.75, 3.05) is 26.7 Å². The molecule has 4 aliphatic carbocycles. The largest absolute Gasteiger partial charge is 0.346 e. The lowest BCUT2D eigenvalue weighted by Gasteiger charge is -2.37. The third kappa shape index (κ3) is 7.48. The first-order valence-corrected chi connectivity index (χ1v) is 21.9. The number of urea groups is 1. The van der Waals surface area contributed by atoms with Crippen LogP contribution in [0.2, 0.25) is 0 Å². The second kappa shape index (κ2) is 15.3. The average Bonchev–Trinajstić information content (AvgIpc) is 3.53. The van der Waals surface area contributed by atoms with Crippen LogP contribution in [0.25, 0.3) is 0 Å². The lowest BCUT2D eigenvalue weighted by atomic mass is 9.80. The van der Waals surface area contributed by atoms with Gasteiger partial charge in [-0.05, 0) is 71.6 Å². The fourth-order valence-electron chi connectivity index (χ4n) is 10.1. The van der Waals surface area contributed by atoms with Gasteiger partial charge < -0.3 is 26.2 Å². The first kappa shape index (κ1) is 40.4. The predicted molar refractivity (Wildman–Crippen MR) is 206 cm³/mol. The molecule has 0 spiro atoms. The minimum Gasteiger partial charge on any atom is -0.346 e. The lowest BCUT2D eigenvalue weighted by Crippen LogP contribution is -2.62. The SMILES string of the molecule is C=CCNC(=O)C(=O)C(CC1CCC1)NC(=O)[C@@H]1[C@H]2CCC[C@H]2CN1C(=O)[C@@H](NC(=O)N[C@H](CN(C)S(=O)(=O)c1cccs1)C12C(C)C1C2C)C(C)(C)C. The summed E-state index contributed by atoms with van der Waals surface area (Å²) in [4.78, 5) is 70.6. The Kier molecular flexibility index (Phi) is 11.5. The number of hydrogen-bond acceptors (Lipinski definition) is 8. The highest BCUT2D eigenvalue weighted by Crippen LogP contribution is 2.85. The summed E-state index contributed by atoms with van der Waals surface area (Å²) in [6.45, 7) is 14.0. The van der Waals surface area contributed by atoms with Gasteiger partial charge in [-0.2, -0.15) is 4.31 Å². The van der Waals surface area contributed by atoms with Crippen molar-refractivity contribution in [1.82, 2.24) is 30.5 Å². The van der Waals surface area contributed by atoms with Crippen molar-refractivity contribution in [2.24, 2.45) is 46.3 Å². The van der Waals surface area contributed by atoms with Crippen LogP contribution in [0.15, 0.2) is 34.4 Å². The van der Waals surface area contributed by atoms with E-state index in [0.29, 0.717) is 30.7 Å². The average molecular weight is 787 g/mol. The number of carbonyl (C=O) groups is 5. The Bertz CT molecular complexity index is 1730. The van der Waals surface area contributed by atoms with E-state index in [1.54, 1.807) is 22.4 Å². The van der Waals surface area contributed by atoms with E-state index in [4.69, 9.17) is 0 Å². The molecule has 4 N–H and O–H groups in total. The molecule has 1 aliphatic heterocycles. The molecule has 5 fully saturated rings. The number of fused-ring (bicyclic) bond motifs is 2. The van der Waals surface area contributed by atoms with Crippen LogP contribution in [-0.2, 0) is 29.2 Å². The van der Waals surface area contributed by atoms with E-state index in [1.807, 2.05) is 20.8 Å². The molecule has 4 saturated carbocycles. The molecule has 13 nitrogen and oxygen atoms in total. The number of amides is 5. The van der Waals surface area contributed by atoms with Crippen molar-refractivity contribution in [2.45, 2.75) is 108 Å². The second-order valence-corrected chi connectivity index (χ2v) is 20.8. The van der Waals surface area contributed by atoms with Crippen LogP contribution < -0.4 is 21.3 Å². The van der Waals surface area contributed by atoms with Crippen molar-refractivity contribution in [1.29, 1.82) is 0 Å². The van der Waals surface area contributed by atoms with Crippen molar-refractivity contribution < 1.29 is 32.4 Å². The molecular weight excluding hydrogens is 729 g/mol. The van der Waals surface area contributed by atoms with E-state index in [-0.39, 0.29) is 46.4 Å². The summed E-state index contributed by atoms with van der Waals surface area (Å²) < 4.78 is 28.3. The van der Waals surface area contributed by atoms with Gasteiger partial charge in [0.25, 0.3) is 15.9 Å². The van der Waals surface area contributed by atoms with E-state index in [2.05, 4.69) is 41.7 Å². The molecule has 2 heterocycles. The van der Waals surface area contributed by atoms with Gasteiger partial charge in [-0.1, -0.05) is 72.4 Å². The number of sulfonamides is 1. The van der Waals surface area contributed by atoms with Crippen LogP contribution in [0.5, 0.6) is 0 Å². The Balaban J connectivity index is 1.19. The smallest absolute Gasteiger partial charge is 0.315 e. The van der Waals surface area contributed by atoms with Gasteiger partial charge in [-0.25, -0.2) is 13.2 Å². The predicted octanol–water partition coefficient (Wildman–Crippen LogP) is 3.53. The monoisotopic (exact) mass is 786 g/mol. The molecule has 3 unspecified atom stereocenters. The van der Waals surface area contributed by atoms with Crippen LogP contribution in [0.1, 0.15) is 79.6 Å². The number of ketones is 1. The van der Waals surface area contributed by atoms with E-state index >= 15 is 0 Å². The molecule has 8 atom stereocenters. The number of nitrogens with zero attached hydrogens (tertiary/aromatic N) is 2. The molecule has 1 saturated heterocycles. The molecule has 6 rings (SSSR count). The molecule has 5 amide bonds. The van der Waals surface area contributed by atoms with Crippen LogP contribution in [-0.4, -0.2) is 98.0 Å². The van der Waals surface area contributed by atoms with Crippen molar-refractivity contribution in [3.63, 3.8) is 0 Å². The summed E-state index contributed by atoms with van der Waals surface area (Å²) in [5, 5.41) is 13.2. The molecule has 1 aromatic rings. The van der Waals surface area contributed by atoms with Crippen molar-refractivity contribution in [3.05, 3.63) is 30.2 Å². The number of rotatable bonds is 16. The molecule has 0 bridgehead atoms. The summed E-state index contributed by atoms with van der Waals surface area (Å²) in [5.41, 5.74) is -0.974. The number of Topliss-reactive ketones (excluding diaryl/α,β-unsaturated/α-hetero) is 1. The van der Waals surface area contributed by atoms with Crippen LogP contribution in [0, 0.1) is 46.3 Å². The van der Waals surface area contributed by atoms with Gasteiger partial charge in [0.05, 0.1) is 12.1 Å². The minimum absolute atomic E-state index is 0.0804. The Hall–Kier alpha value is -3.30. The maximum atomic E-state index is 14.7. The third-order valence-electron chi connectivity index (χ3n) is 13.4. The fraction of sp³-hybridized carbons (Fsp3) is 0.718. The molecular formula is C39H58N6O7S2. The quantitative estimate of drug-likeness (QED) is 0.147. The standard InChI is InChI=1S/C39H58N6O7S2/c1-8-17-40-35(48)32(46)27(19-24-12-9-13-24)41-34(47)31-26-15-10-14-25(26)20-45(31)36(49)33(38(4,5)6)43-37(50)42-28(39-22(2)30(39)23(39)3)21-44(7)54(51,52)29-16-11-18-53-29/h8,11,16,18,22-28,30-31,33H,1,9-10,12-15,17,19-21H2,2-7H3,(H,40,48)(H,41,47)(H2,42,43,50)/t22?,23?,25-,26-,27?,28+,30?,31-,33+,39?/m0/s1. The van der Waals surface area contributed by atoms with E-state index in [9.17, 15) is 32.4 Å². The summed E-state index contributed by atoms with van der Waals surface area (Å²) in [7, 11) is -2.23. The van der Waals surface area contributed by atoms with E-state index in [1.165, 1.54) is 17.4 Å². The lowest BCUT2D eigenvalue weighted by molar-refractivity contribution is -0.144. The Labute approximate surface area is 323 Å². The molecule has 298 valence electrons. The molecule has 5 aliphatic rings. The summed E-state index contributed by atoms with van der Waals surface area (Å²) in [6.07, 6.45) is 7.28. The summed E-state index contributed by atoms with van der Waals surface area (Å²) in [5.74, 6) is -1.06. The zero-order valence-corrected chi connectivity index (χ0v) is 34.1. The number of nitrogens with one attached hydrogen (secondary N) is 4. The Morgan fingerprint density at radius 3 is 2.30 bits per heavy atom. The number of likely N-dealkylation sites (N-methyl/N-ethyl adjacent to an activating group) is 1. The van der Waals surface area contributed by atoms with E-state index in [0.717, 1.165) is 49.9 Å². The summed E-state index contributed by atoms with van der Waals surface area (Å²) >= 11 is 1.14. The van der Waals surface area contributed by atoms with Gasteiger partial charge in [-0.15, -0.1) is 17.9 Å². The van der Waals surface area contributed by atoms with E-state index < -0.39 is 63.2 Å². The van der Waals surface area contributed by atoms with Gasteiger partial charge in [0.1, 0.15) is 16.3 Å². The zero-order valence-electron chi connectivity index (χ0n) is 32.4. The molecule has 15 heteroatoms. The molecule has 54 heavy (non-hydrogen) atoms. The van der Waals surface area contributed by atoms with Gasteiger partial charge in [0.2, 0.25) is 17.6 Å². The minimum atomic E-state index is -3.76. The zero-order chi connectivity index (χ0) is 39.3. The number of carbonyl (C=O) groups excluding carboxylic acids is 5. The first-order chi connectivity index (χ1) is 25.4. The fourth-order valence-corrected chi connectivity index (χ4v) is 12.5. The van der Waals surface area contributed by atoms with Gasteiger partial charge in [0.15, 0.2) is 0 Å². The van der Waals surface area contributed by atoms with Crippen molar-refractivity contribution >= 4 is 50.9 Å². The maximum Gasteiger partial charge on any atom is 0.315 e. The normalized spacial score (nSPS) is 30.2. The highest BCUT2D eigenvalue weighted by Gasteiger charge is 2.85.